The third kappa shape index (κ3) is 5.10. The lowest BCUT2D eigenvalue weighted by atomic mass is 9.98. The number of urea groups is 1. The predicted octanol–water partition coefficient (Wildman–Crippen LogP) is 3.15. The minimum absolute atomic E-state index is 0.0602. The van der Waals surface area contributed by atoms with E-state index in [0.29, 0.717) is 37.5 Å². The van der Waals surface area contributed by atoms with Gasteiger partial charge in [-0.3, -0.25) is 14.5 Å². The van der Waals surface area contributed by atoms with E-state index in [1.165, 1.54) is 4.90 Å². The van der Waals surface area contributed by atoms with Crippen LogP contribution in [0.3, 0.4) is 0 Å². The Bertz CT molecular complexity index is 1020. The predicted molar refractivity (Wildman–Crippen MR) is 122 cm³/mol. The van der Waals surface area contributed by atoms with E-state index >= 15 is 0 Å². The molecule has 1 saturated heterocycles. The molecule has 33 heavy (non-hydrogen) atoms. The molecule has 2 N–H and O–H groups in total. The molecular formula is C25H29N3O5. The molecule has 4 rings (SSSR count). The Kier molecular flexibility index (Phi) is 6.82. The lowest BCUT2D eigenvalue weighted by Crippen LogP contribution is -2.44. The summed E-state index contributed by atoms with van der Waals surface area (Å²) >= 11 is 0. The van der Waals surface area contributed by atoms with Crippen LogP contribution < -0.4 is 20.1 Å². The van der Waals surface area contributed by atoms with Crippen LogP contribution in [0.2, 0.25) is 0 Å². The number of benzene rings is 2. The summed E-state index contributed by atoms with van der Waals surface area (Å²) in [4.78, 5) is 38.4. The van der Waals surface area contributed by atoms with Gasteiger partial charge in [0.1, 0.15) is 12.1 Å². The van der Waals surface area contributed by atoms with Gasteiger partial charge >= 0.3 is 6.03 Å². The number of amides is 4. The van der Waals surface area contributed by atoms with Gasteiger partial charge in [-0.1, -0.05) is 49.2 Å². The maximum atomic E-state index is 12.7. The normalized spacial score (nSPS) is 16.7. The first-order chi connectivity index (χ1) is 16.0. The van der Waals surface area contributed by atoms with E-state index in [0.717, 1.165) is 24.0 Å². The molecule has 8 heteroatoms. The minimum Gasteiger partial charge on any atom is -0.493 e. The fourth-order valence-electron chi connectivity index (χ4n) is 4.38. The number of carbonyl (C=O) groups excluding carboxylic acids is 3. The summed E-state index contributed by atoms with van der Waals surface area (Å²) in [6, 6.07) is 15.0. The van der Waals surface area contributed by atoms with Crippen molar-refractivity contribution in [3.05, 3.63) is 59.7 Å². The van der Waals surface area contributed by atoms with E-state index in [2.05, 4.69) is 10.6 Å². The highest BCUT2D eigenvalue weighted by molar-refractivity contribution is 6.07. The van der Waals surface area contributed by atoms with Gasteiger partial charge in [-0.05, 0) is 36.1 Å². The Morgan fingerprint density at radius 3 is 2.55 bits per heavy atom. The number of carbonyl (C=O) groups is 3. The molecule has 2 aliphatic rings. The van der Waals surface area contributed by atoms with Crippen LogP contribution in [0.15, 0.2) is 48.5 Å². The minimum atomic E-state index is -0.742. The van der Waals surface area contributed by atoms with Crippen molar-refractivity contribution in [2.45, 2.75) is 50.8 Å². The van der Waals surface area contributed by atoms with E-state index in [4.69, 9.17) is 9.47 Å². The zero-order valence-electron chi connectivity index (χ0n) is 18.8. The van der Waals surface area contributed by atoms with Gasteiger partial charge < -0.3 is 20.1 Å². The number of nitrogens with one attached hydrogen (secondary N) is 2. The fraction of sp³-hybridized carbons (Fsp3) is 0.400. The summed E-state index contributed by atoms with van der Waals surface area (Å²) in [5.41, 5.74) is 1.17. The first-order valence-corrected chi connectivity index (χ1v) is 11.3. The van der Waals surface area contributed by atoms with Crippen molar-refractivity contribution in [3.63, 3.8) is 0 Å². The largest absolute Gasteiger partial charge is 0.493 e. The van der Waals surface area contributed by atoms with Crippen molar-refractivity contribution in [2.75, 3.05) is 13.7 Å². The van der Waals surface area contributed by atoms with E-state index in [-0.39, 0.29) is 24.8 Å². The maximum absolute atomic E-state index is 12.7. The standard InChI is InChI=1S/C25H29N3O5/c1-32-21-15-19(9-10-20(21)33-17-18-7-3-2-4-8-18)16-26-22(29)11-14-28-23(30)25(27-24(28)31)12-5-6-13-25/h2-4,7-10,15H,5-6,11-14,16-17H2,1H3,(H,26,29)(H,27,31). The fourth-order valence-corrected chi connectivity index (χ4v) is 4.38. The summed E-state index contributed by atoms with van der Waals surface area (Å²) in [5, 5.41) is 5.67. The van der Waals surface area contributed by atoms with E-state index in [1.807, 2.05) is 48.5 Å². The van der Waals surface area contributed by atoms with E-state index < -0.39 is 11.6 Å². The van der Waals surface area contributed by atoms with Crippen molar-refractivity contribution in [1.29, 1.82) is 0 Å². The first kappa shape index (κ1) is 22.6. The highest BCUT2D eigenvalue weighted by atomic mass is 16.5. The van der Waals surface area contributed by atoms with Gasteiger partial charge in [0.05, 0.1) is 7.11 Å². The van der Waals surface area contributed by atoms with Gasteiger partial charge in [0.15, 0.2) is 11.5 Å². The van der Waals surface area contributed by atoms with Crippen LogP contribution in [0.1, 0.15) is 43.2 Å². The second kappa shape index (κ2) is 9.94. The average Bonchev–Trinajstić information content (AvgIpc) is 3.40. The average molecular weight is 452 g/mol. The molecule has 0 bridgehead atoms. The summed E-state index contributed by atoms with van der Waals surface area (Å²) in [7, 11) is 1.57. The quantitative estimate of drug-likeness (QED) is 0.571. The van der Waals surface area contributed by atoms with Crippen LogP contribution in [0.25, 0.3) is 0 Å². The van der Waals surface area contributed by atoms with Gasteiger partial charge in [0.25, 0.3) is 5.91 Å². The Hall–Kier alpha value is -3.55. The second-order valence-corrected chi connectivity index (χ2v) is 8.46. The van der Waals surface area contributed by atoms with Crippen LogP contribution in [0, 0.1) is 0 Å². The number of nitrogens with zero attached hydrogens (tertiary/aromatic N) is 1. The first-order valence-electron chi connectivity index (χ1n) is 11.3. The molecule has 0 unspecified atom stereocenters. The molecule has 0 atom stereocenters. The van der Waals surface area contributed by atoms with E-state index in [9.17, 15) is 14.4 Å². The summed E-state index contributed by atoms with van der Waals surface area (Å²) < 4.78 is 11.3. The van der Waals surface area contributed by atoms with Gasteiger partial charge in [0.2, 0.25) is 5.91 Å². The Morgan fingerprint density at radius 2 is 1.82 bits per heavy atom. The molecular weight excluding hydrogens is 422 g/mol. The third-order valence-electron chi connectivity index (χ3n) is 6.22. The maximum Gasteiger partial charge on any atom is 0.325 e. The number of ether oxygens (including phenoxy) is 2. The van der Waals surface area contributed by atoms with Crippen LogP contribution in [0.4, 0.5) is 4.79 Å². The molecule has 1 heterocycles. The van der Waals surface area contributed by atoms with Gasteiger partial charge in [-0.25, -0.2) is 4.79 Å². The van der Waals surface area contributed by atoms with Crippen molar-refractivity contribution in [1.82, 2.24) is 15.5 Å². The number of methoxy groups -OCH3 is 1. The van der Waals surface area contributed by atoms with Crippen molar-refractivity contribution >= 4 is 17.8 Å². The Labute approximate surface area is 193 Å². The second-order valence-electron chi connectivity index (χ2n) is 8.46. The van der Waals surface area contributed by atoms with Crippen LogP contribution in [-0.4, -0.2) is 41.9 Å². The zero-order chi connectivity index (χ0) is 23.3. The monoisotopic (exact) mass is 451 g/mol. The highest BCUT2D eigenvalue weighted by Gasteiger charge is 2.52. The zero-order valence-corrected chi connectivity index (χ0v) is 18.8. The van der Waals surface area contributed by atoms with Crippen molar-refractivity contribution in [3.8, 4) is 11.5 Å². The van der Waals surface area contributed by atoms with Gasteiger partial charge in [-0.15, -0.1) is 0 Å². The molecule has 0 aromatic heterocycles. The lowest BCUT2D eigenvalue weighted by Gasteiger charge is -2.19. The molecule has 2 aromatic rings. The molecule has 1 saturated carbocycles. The number of hydrogen-bond acceptors (Lipinski definition) is 5. The molecule has 2 aromatic carbocycles. The molecule has 1 aliphatic heterocycles. The van der Waals surface area contributed by atoms with Gasteiger partial charge in [-0.2, -0.15) is 0 Å². The van der Waals surface area contributed by atoms with E-state index in [1.54, 1.807) is 7.11 Å². The van der Waals surface area contributed by atoms with Crippen molar-refractivity contribution < 1.29 is 23.9 Å². The summed E-state index contributed by atoms with van der Waals surface area (Å²) in [5.74, 6) is 0.773. The summed E-state index contributed by atoms with van der Waals surface area (Å²) in [6.45, 7) is 0.809. The van der Waals surface area contributed by atoms with Gasteiger partial charge in [0, 0.05) is 19.5 Å². The highest BCUT2D eigenvalue weighted by Crippen LogP contribution is 2.35. The molecule has 8 nitrogen and oxygen atoms in total. The molecule has 0 radical (unpaired) electrons. The number of hydrogen-bond donors (Lipinski definition) is 2. The molecule has 2 fully saturated rings. The Balaban J connectivity index is 1.26. The third-order valence-corrected chi connectivity index (χ3v) is 6.22. The molecule has 174 valence electrons. The van der Waals surface area contributed by atoms with Crippen LogP contribution >= 0.6 is 0 Å². The molecule has 1 spiro atoms. The molecule has 4 amide bonds. The topological polar surface area (TPSA) is 97.0 Å². The SMILES string of the molecule is COc1cc(CNC(=O)CCN2C(=O)NC3(CCCC3)C2=O)ccc1OCc1ccccc1. The summed E-state index contributed by atoms with van der Waals surface area (Å²) in [6.07, 6.45) is 3.27. The number of rotatable bonds is 9. The Morgan fingerprint density at radius 1 is 1.06 bits per heavy atom. The van der Waals surface area contributed by atoms with Crippen LogP contribution in [0.5, 0.6) is 11.5 Å². The van der Waals surface area contributed by atoms with Crippen LogP contribution in [-0.2, 0) is 22.7 Å². The molecule has 1 aliphatic carbocycles. The van der Waals surface area contributed by atoms with Crippen molar-refractivity contribution in [2.24, 2.45) is 0 Å². The lowest BCUT2D eigenvalue weighted by molar-refractivity contribution is -0.131. The number of imide groups is 1. The smallest absolute Gasteiger partial charge is 0.325 e.